The molecule has 10 nitrogen and oxygen atoms in total. The molecule has 0 aliphatic carbocycles. The number of thiazole rings is 1. The number of para-hydroxylation sites is 1. The van der Waals surface area contributed by atoms with Crippen LogP contribution >= 0.6 is 11.3 Å². The van der Waals surface area contributed by atoms with Gasteiger partial charge in [0.2, 0.25) is 5.78 Å². The summed E-state index contributed by atoms with van der Waals surface area (Å²) in [6.07, 6.45) is 0. The van der Waals surface area contributed by atoms with Gasteiger partial charge in [0.1, 0.15) is 22.9 Å². The Morgan fingerprint density at radius 3 is 2.62 bits per heavy atom. The molecule has 1 unspecified atom stereocenters. The first-order valence-electron chi connectivity index (χ1n) is 8.49. The van der Waals surface area contributed by atoms with Crippen LogP contribution in [0.25, 0.3) is 0 Å². The van der Waals surface area contributed by atoms with Crippen LogP contribution in [0.2, 0.25) is 0 Å². The summed E-state index contributed by atoms with van der Waals surface area (Å²) in [7, 11) is 0. The molecule has 1 aromatic heterocycles. The molecule has 29 heavy (non-hydrogen) atoms. The molecule has 1 heterocycles. The van der Waals surface area contributed by atoms with E-state index in [1.165, 1.54) is 18.2 Å². The smallest absolute Gasteiger partial charge is 0.280 e. The van der Waals surface area contributed by atoms with Gasteiger partial charge < -0.3 is 16.3 Å². The van der Waals surface area contributed by atoms with Crippen molar-refractivity contribution >= 4 is 45.1 Å². The zero-order valence-electron chi connectivity index (χ0n) is 15.2. The summed E-state index contributed by atoms with van der Waals surface area (Å²) in [5, 5.41) is 25.8. The van der Waals surface area contributed by atoms with E-state index in [1.54, 1.807) is 37.3 Å². The number of benzene rings is 2. The maximum Gasteiger partial charge on any atom is 0.280 e. The van der Waals surface area contributed by atoms with Crippen LogP contribution in [0.1, 0.15) is 22.2 Å². The predicted octanol–water partition coefficient (Wildman–Crippen LogP) is 2.57. The Labute approximate surface area is 169 Å². The maximum atomic E-state index is 12.7. The normalized spacial score (nSPS) is 11.8. The Morgan fingerprint density at radius 1 is 1.28 bits per heavy atom. The highest BCUT2D eigenvalue weighted by Crippen LogP contribution is 2.32. The van der Waals surface area contributed by atoms with E-state index in [0.717, 1.165) is 11.3 Å². The number of carbonyl (C=O) groups excluding carboxylic acids is 1. The monoisotopic (exact) mass is 415 g/mol. The highest BCUT2D eigenvalue weighted by Gasteiger charge is 2.25. The number of nitrogen functional groups attached to an aromatic ring is 1. The highest BCUT2D eigenvalue weighted by molar-refractivity contribution is 7.18. The number of nitrogens with one attached hydrogen (secondary N) is 2. The molecule has 2 aromatic carbocycles. The largest absolute Gasteiger partial charge is 0.595 e. The lowest BCUT2D eigenvalue weighted by Gasteiger charge is -2.18. The number of nitro groups is 1. The van der Waals surface area contributed by atoms with E-state index >= 15 is 0 Å². The van der Waals surface area contributed by atoms with Crippen molar-refractivity contribution in [3.8, 4) is 0 Å². The molecule has 0 aliphatic rings. The predicted molar refractivity (Wildman–Crippen MR) is 108 cm³/mol. The molecule has 0 saturated heterocycles. The van der Waals surface area contributed by atoms with E-state index in [0.29, 0.717) is 16.5 Å². The maximum absolute atomic E-state index is 12.7. The molecule has 0 aliphatic heterocycles. The molecule has 3 aromatic rings. The molecule has 3 rings (SSSR count). The number of nitrogens with zero attached hydrogens (tertiary/aromatic N) is 2. The van der Waals surface area contributed by atoms with E-state index in [2.05, 4.69) is 10.3 Å². The van der Waals surface area contributed by atoms with Crippen molar-refractivity contribution in [2.24, 2.45) is 0 Å². The minimum atomic E-state index is -0.616. The Morgan fingerprint density at radius 2 is 1.97 bits per heavy atom. The quantitative estimate of drug-likeness (QED) is 0.289. The fourth-order valence-corrected chi connectivity index (χ4v) is 3.38. The third kappa shape index (κ3) is 4.55. The summed E-state index contributed by atoms with van der Waals surface area (Å²) in [5.74, 6) is -0.596. The topological polar surface area (TPSA) is 148 Å². The fraction of sp³-hybridized carbons (Fsp3) is 0.111. The van der Waals surface area contributed by atoms with Gasteiger partial charge >= 0.3 is 0 Å². The number of aromatic nitrogens is 1. The number of nitrogens with two attached hydrogens (primary N) is 1. The first-order valence-corrected chi connectivity index (χ1v) is 9.31. The number of ketones is 1. The second-order valence-electron chi connectivity index (χ2n) is 5.76. The van der Waals surface area contributed by atoms with E-state index in [9.17, 15) is 20.1 Å². The van der Waals surface area contributed by atoms with E-state index in [-0.39, 0.29) is 28.6 Å². The van der Waals surface area contributed by atoms with Crippen molar-refractivity contribution in [1.82, 2.24) is 4.98 Å². The zero-order chi connectivity index (χ0) is 21.0. The van der Waals surface area contributed by atoms with Gasteiger partial charge in [0.15, 0.2) is 10.8 Å². The van der Waals surface area contributed by atoms with Crippen LogP contribution in [-0.4, -0.2) is 22.3 Å². The van der Waals surface area contributed by atoms with Gasteiger partial charge in [-0.1, -0.05) is 23.5 Å². The van der Waals surface area contributed by atoms with Crippen molar-refractivity contribution in [3.63, 3.8) is 0 Å². The summed E-state index contributed by atoms with van der Waals surface area (Å²) in [6.45, 7) is 2.01. The SMILES string of the molecule is CCO[NH+]([O-])c1ccc(Nc2nc(N)c(C(=O)c3ccccc3[N+](=O)[O-])s2)cc1. The number of rotatable bonds is 8. The fourth-order valence-electron chi connectivity index (χ4n) is 2.52. The van der Waals surface area contributed by atoms with Gasteiger partial charge in [0.05, 0.1) is 4.92 Å². The van der Waals surface area contributed by atoms with Crippen LogP contribution in [0.15, 0.2) is 48.5 Å². The number of anilines is 3. The van der Waals surface area contributed by atoms with Gasteiger partial charge in [-0.15, -0.1) is 0 Å². The van der Waals surface area contributed by atoms with Crippen molar-refractivity contribution in [2.45, 2.75) is 6.92 Å². The van der Waals surface area contributed by atoms with Crippen LogP contribution in [0, 0.1) is 15.3 Å². The summed E-state index contributed by atoms with van der Waals surface area (Å²) >= 11 is 0.985. The lowest BCUT2D eigenvalue weighted by Crippen LogP contribution is -3.00. The van der Waals surface area contributed by atoms with Gasteiger partial charge in [-0.25, -0.2) is 4.98 Å². The van der Waals surface area contributed by atoms with Crippen LogP contribution in [0.5, 0.6) is 0 Å². The molecule has 0 bridgehead atoms. The average Bonchev–Trinajstić information content (AvgIpc) is 3.08. The van der Waals surface area contributed by atoms with Gasteiger partial charge in [-0.3, -0.25) is 14.9 Å². The van der Waals surface area contributed by atoms with Crippen LogP contribution in [-0.2, 0) is 4.84 Å². The Bertz CT molecular complexity index is 1040. The Balaban J connectivity index is 1.80. The number of hydrogen-bond donors (Lipinski definition) is 3. The molecule has 11 heteroatoms. The van der Waals surface area contributed by atoms with Crippen LogP contribution < -0.4 is 16.3 Å². The van der Waals surface area contributed by atoms with Crippen molar-refractivity contribution in [2.75, 3.05) is 17.7 Å². The zero-order valence-corrected chi connectivity index (χ0v) is 16.1. The van der Waals surface area contributed by atoms with Gasteiger partial charge in [0.25, 0.3) is 5.69 Å². The first kappa shape index (κ1) is 20.4. The number of quaternary nitrogens is 1. The van der Waals surface area contributed by atoms with Gasteiger partial charge in [-0.2, -0.15) is 10.1 Å². The van der Waals surface area contributed by atoms with E-state index < -0.39 is 15.9 Å². The van der Waals surface area contributed by atoms with Crippen LogP contribution in [0.4, 0.5) is 28.0 Å². The minimum absolute atomic E-state index is 0.0243. The molecule has 150 valence electrons. The molecule has 0 saturated carbocycles. The summed E-state index contributed by atoms with van der Waals surface area (Å²) in [5.41, 5.74) is 6.54. The molecule has 0 radical (unpaired) electrons. The molecule has 0 spiro atoms. The molecule has 1 atom stereocenters. The third-order valence-electron chi connectivity index (χ3n) is 3.85. The third-order valence-corrected chi connectivity index (χ3v) is 4.84. The molecular weight excluding hydrogens is 398 g/mol. The number of nitro benzene ring substituents is 1. The molecule has 4 N–H and O–H groups in total. The second kappa shape index (κ2) is 8.75. The van der Waals surface area contributed by atoms with E-state index in [4.69, 9.17) is 10.6 Å². The lowest BCUT2D eigenvalue weighted by molar-refractivity contribution is -0.997. The number of carbonyl (C=O) groups is 1. The minimum Gasteiger partial charge on any atom is -0.595 e. The Hall–Kier alpha value is -3.38. The van der Waals surface area contributed by atoms with Gasteiger partial charge in [-0.05, 0) is 25.1 Å². The van der Waals surface area contributed by atoms with Crippen molar-refractivity contribution in [3.05, 3.63) is 74.3 Å². The van der Waals surface area contributed by atoms with Crippen LogP contribution in [0.3, 0.4) is 0 Å². The van der Waals surface area contributed by atoms with Crippen molar-refractivity contribution in [1.29, 1.82) is 0 Å². The highest BCUT2D eigenvalue weighted by atomic mass is 32.1. The lowest BCUT2D eigenvalue weighted by atomic mass is 10.1. The second-order valence-corrected chi connectivity index (χ2v) is 6.76. The molecular formula is C18H17N5O5S. The first-order chi connectivity index (χ1) is 13.9. The summed E-state index contributed by atoms with van der Waals surface area (Å²) in [6, 6.07) is 12.2. The van der Waals surface area contributed by atoms with Gasteiger partial charge in [0, 0.05) is 23.9 Å². The summed E-state index contributed by atoms with van der Waals surface area (Å²) in [4.78, 5) is 32.4. The summed E-state index contributed by atoms with van der Waals surface area (Å²) < 4.78 is 0. The van der Waals surface area contributed by atoms with E-state index in [1.807, 2.05) is 0 Å². The standard InChI is InChI=1S/C18H17N5O5S/c1-2-28-23(27)12-9-7-11(8-10-12)20-18-21-17(19)16(29-18)15(24)13-5-3-4-6-14(13)22(25)26/h3-10,23H,2,19H2,1H3,(H,20,21). The average molecular weight is 415 g/mol. The number of hydrogen-bond acceptors (Lipinski definition) is 9. The molecule has 0 fully saturated rings. The van der Waals surface area contributed by atoms with Crippen molar-refractivity contribution < 1.29 is 19.8 Å². The molecule has 0 amide bonds. The Kier molecular flexibility index (Phi) is 6.14.